The number of esters is 1. The molecule has 0 bridgehead atoms. The highest BCUT2D eigenvalue weighted by Crippen LogP contribution is 2.25. The normalized spacial score (nSPS) is 11.8. The van der Waals surface area contributed by atoms with E-state index in [1.165, 1.54) is 7.11 Å². The number of methoxy groups -OCH3 is 1. The highest BCUT2D eigenvalue weighted by atomic mass is 16.5. The third-order valence-corrected chi connectivity index (χ3v) is 5.15. The fraction of sp³-hybridized carbons (Fsp3) is 0.409. The van der Waals surface area contributed by atoms with Crippen LogP contribution in [0.4, 0.5) is 0 Å². The largest absolute Gasteiger partial charge is 0.464 e. The molecule has 6 nitrogen and oxygen atoms in total. The lowest BCUT2D eigenvalue weighted by atomic mass is 9.99. The summed E-state index contributed by atoms with van der Waals surface area (Å²) in [4.78, 5) is 40.1. The van der Waals surface area contributed by atoms with E-state index in [2.05, 4.69) is 0 Å². The van der Waals surface area contributed by atoms with E-state index in [0.29, 0.717) is 34.6 Å². The molecule has 6 heteroatoms. The molecule has 1 atom stereocenters. The lowest BCUT2D eigenvalue weighted by Gasteiger charge is -2.28. The average Bonchev–Trinajstić information content (AvgIpc) is 2.93. The Bertz CT molecular complexity index is 884. The minimum absolute atomic E-state index is 0.178. The van der Waals surface area contributed by atoms with Crippen LogP contribution >= 0.6 is 0 Å². The van der Waals surface area contributed by atoms with Crippen molar-refractivity contribution in [2.75, 3.05) is 13.7 Å². The summed E-state index contributed by atoms with van der Waals surface area (Å²) in [7, 11) is 3.05. The van der Waals surface area contributed by atoms with Gasteiger partial charge in [0.05, 0.1) is 13.2 Å². The molecule has 0 aliphatic heterocycles. The van der Waals surface area contributed by atoms with Crippen molar-refractivity contribution in [3.05, 3.63) is 58.4 Å². The van der Waals surface area contributed by atoms with Gasteiger partial charge in [0.2, 0.25) is 0 Å². The van der Waals surface area contributed by atoms with Gasteiger partial charge in [-0.3, -0.25) is 9.59 Å². The van der Waals surface area contributed by atoms with Gasteiger partial charge in [0, 0.05) is 30.4 Å². The van der Waals surface area contributed by atoms with Crippen molar-refractivity contribution in [2.24, 2.45) is 7.05 Å². The van der Waals surface area contributed by atoms with Crippen molar-refractivity contribution in [2.45, 2.75) is 40.2 Å². The van der Waals surface area contributed by atoms with Crippen LogP contribution in [0.25, 0.3) is 0 Å². The summed E-state index contributed by atoms with van der Waals surface area (Å²) in [5, 5.41) is 0. The predicted molar refractivity (Wildman–Crippen MR) is 108 cm³/mol. The van der Waals surface area contributed by atoms with E-state index in [0.717, 1.165) is 6.42 Å². The smallest absolute Gasteiger partial charge is 0.354 e. The van der Waals surface area contributed by atoms with Crippen molar-refractivity contribution in [1.82, 2.24) is 9.47 Å². The summed E-state index contributed by atoms with van der Waals surface area (Å²) in [6.07, 6.45) is 0.732. The minimum atomic E-state index is -0.655. The second-order valence-electron chi connectivity index (χ2n) is 6.89. The van der Waals surface area contributed by atoms with Crippen molar-refractivity contribution in [1.29, 1.82) is 0 Å². The molecule has 0 N–H and O–H groups in total. The van der Waals surface area contributed by atoms with Crippen LogP contribution in [0.15, 0.2) is 30.3 Å². The van der Waals surface area contributed by atoms with E-state index in [1.807, 2.05) is 13.0 Å². The van der Waals surface area contributed by atoms with Crippen LogP contribution in [0.2, 0.25) is 0 Å². The fourth-order valence-electron chi connectivity index (χ4n) is 3.54. The standard InChI is InChI=1S/C22H28N2O4/c1-7-13-24(21(26)17-11-9-8-10-12-17)16(4)20(25)18-14(2)19(22(27)28-6)23(5)15(18)3/h8-12,16H,7,13H2,1-6H3/t16-/m0/s1. The Morgan fingerprint density at radius 2 is 1.75 bits per heavy atom. The van der Waals surface area contributed by atoms with Gasteiger partial charge in [0.1, 0.15) is 5.69 Å². The number of benzene rings is 1. The van der Waals surface area contributed by atoms with Crippen LogP contribution in [0.1, 0.15) is 62.7 Å². The van der Waals surface area contributed by atoms with Gasteiger partial charge in [0.15, 0.2) is 5.78 Å². The van der Waals surface area contributed by atoms with Gasteiger partial charge in [-0.1, -0.05) is 25.1 Å². The Hall–Kier alpha value is -2.89. The third-order valence-electron chi connectivity index (χ3n) is 5.15. The van der Waals surface area contributed by atoms with Crippen LogP contribution in [-0.2, 0) is 11.8 Å². The van der Waals surface area contributed by atoms with Gasteiger partial charge in [-0.2, -0.15) is 0 Å². The van der Waals surface area contributed by atoms with Crippen molar-refractivity contribution < 1.29 is 19.1 Å². The SMILES string of the molecule is CCCN(C(=O)c1ccccc1)[C@@H](C)C(=O)c1c(C)c(C(=O)OC)n(C)c1C. The first-order chi connectivity index (χ1) is 13.3. The van der Waals surface area contributed by atoms with E-state index in [-0.39, 0.29) is 11.7 Å². The molecule has 0 aliphatic carbocycles. The van der Waals surface area contributed by atoms with E-state index in [1.54, 1.807) is 61.6 Å². The lowest BCUT2D eigenvalue weighted by Crippen LogP contribution is -2.44. The Kier molecular flexibility index (Phi) is 6.78. The van der Waals surface area contributed by atoms with E-state index in [4.69, 9.17) is 4.74 Å². The molecule has 1 heterocycles. The molecule has 1 aromatic heterocycles. The number of aromatic nitrogens is 1. The van der Waals surface area contributed by atoms with Crippen molar-refractivity contribution in [3.63, 3.8) is 0 Å². The molecular weight excluding hydrogens is 356 g/mol. The van der Waals surface area contributed by atoms with Gasteiger partial charge in [-0.25, -0.2) is 4.79 Å². The molecule has 28 heavy (non-hydrogen) atoms. The average molecular weight is 384 g/mol. The maximum Gasteiger partial charge on any atom is 0.354 e. The van der Waals surface area contributed by atoms with E-state index < -0.39 is 12.0 Å². The Morgan fingerprint density at radius 3 is 2.29 bits per heavy atom. The van der Waals surface area contributed by atoms with Gasteiger partial charge < -0.3 is 14.2 Å². The maximum atomic E-state index is 13.4. The molecular formula is C22H28N2O4. The van der Waals surface area contributed by atoms with Crippen molar-refractivity contribution >= 4 is 17.7 Å². The highest BCUT2D eigenvalue weighted by molar-refractivity contribution is 6.07. The van der Waals surface area contributed by atoms with Crippen LogP contribution < -0.4 is 0 Å². The first-order valence-electron chi connectivity index (χ1n) is 9.40. The molecule has 0 saturated carbocycles. The maximum absolute atomic E-state index is 13.4. The van der Waals surface area contributed by atoms with Crippen LogP contribution in [0.5, 0.6) is 0 Å². The number of Topliss-reactive ketones (excluding diaryl/α,β-unsaturated/α-hetero) is 1. The molecule has 1 amide bonds. The van der Waals surface area contributed by atoms with Gasteiger partial charge in [-0.15, -0.1) is 0 Å². The Morgan fingerprint density at radius 1 is 1.14 bits per heavy atom. The number of nitrogens with zero attached hydrogens (tertiary/aromatic N) is 2. The number of hydrogen-bond donors (Lipinski definition) is 0. The molecule has 0 spiro atoms. The molecule has 0 radical (unpaired) electrons. The number of carbonyl (C=O) groups is 3. The number of amides is 1. The first-order valence-corrected chi connectivity index (χ1v) is 9.40. The number of carbonyl (C=O) groups excluding carboxylic acids is 3. The summed E-state index contributed by atoms with van der Waals surface area (Å²) in [6.45, 7) is 7.71. The number of hydrogen-bond acceptors (Lipinski definition) is 4. The quantitative estimate of drug-likeness (QED) is 0.541. The number of rotatable bonds is 7. The second-order valence-corrected chi connectivity index (χ2v) is 6.89. The van der Waals surface area contributed by atoms with Gasteiger partial charge in [-0.05, 0) is 44.9 Å². The monoisotopic (exact) mass is 384 g/mol. The zero-order valence-electron chi connectivity index (χ0n) is 17.4. The van der Waals surface area contributed by atoms with Crippen LogP contribution in [0.3, 0.4) is 0 Å². The zero-order chi connectivity index (χ0) is 21.0. The molecule has 0 unspecified atom stereocenters. The fourth-order valence-corrected chi connectivity index (χ4v) is 3.54. The predicted octanol–water partition coefficient (Wildman–Crippen LogP) is 3.55. The van der Waals surface area contributed by atoms with Gasteiger partial charge in [0.25, 0.3) is 5.91 Å². The number of ether oxygens (including phenoxy) is 1. The molecule has 0 aliphatic rings. The second kappa shape index (κ2) is 8.87. The lowest BCUT2D eigenvalue weighted by molar-refractivity contribution is 0.0588. The summed E-state index contributed by atoms with van der Waals surface area (Å²) in [6, 6.07) is 8.29. The molecule has 1 aromatic carbocycles. The van der Waals surface area contributed by atoms with Gasteiger partial charge >= 0.3 is 5.97 Å². The van der Waals surface area contributed by atoms with E-state index in [9.17, 15) is 14.4 Å². The Labute approximate surface area is 166 Å². The molecule has 0 saturated heterocycles. The number of ketones is 1. The minimum Gasteiger partial charge on any atom is -0.464 e. The molecule has 2 aromatic rings. The summed E-state index contributed by atoms with van der Waals surface area (Å²) in [5.74, 6) is -0.846. The topological polar surface area (TPSA) is 68.6 Å². The summed E-state index contributed by atoms with van der Waals surface area (Å²) in [5.41, 5.74) is 2.63. The summed E-state index contributed by atoms with van der Waals surface area (Å²) >= 11 is 0. The summed E-state index contributed by atoms with van der Waals surface area (Å²) < 4.78 is 6.52. The highest BCUT2D eigenvalue weighted by Gasteiger charge is 2.32. The Balaban J connectivity index is 2.44. The molecule has 0 fully saturated rings. The van der Waals surface area contributed by atoms with E-state index >= 15 is 0 Å². The van der Waals surface area contributed by atoms with Crippen LogP contribution in [0, 0.1) is 13.8 Å². The zero-order valence-corrected chi connectivity index (χ0v) is 17.4. The molecule has 150 valence electrons. The third kappa shape index (κ3) is 3.86. The first kappa shape index (κ1) is 21.4. The van der Waals surface area contributed by atoms with Crippen molar-refractivity contribution in [3.8, 4) is 0 Å². The van der Waals surface area contributed by atoms with Crippen LogP contribution in [-0.4, -0.2) is 46.8 Å². The molecule has 2 rings (SSSR count).